The predicted octanol–water partition coefficient (Wildman–Crippen LogP) is 3.62. The van der Waals surface area contributed by atoms with Gasteiger partial charge in [0.15, 0.2) is 0 Å². The number of halogens is 1. The van der Waals surface area contributed by atoms with E-state index in [1.54, 1.807) is 6.08 Å². The van der Waals surface area contributed by atoms with Gasteiger partial charge in [-0.15, -0.1) is 0 Å². The summed E-state index contributed by atoms with van der Waals surface area (Å²) >= 11 is 0. The molecule has 1 saturated carbocycles. The molecule has 1 unspecified atom stereocenters. The minimum absolute atomic E-state index is 0.0574. The van der Waals surface area contributed by atoms with Crippen LogP contribution in [0.2, 0.25) is 0 Å². The van der Waals surface area contributed by atoms with Gasteiger partial charge in [0.2, 0.25) is 0 Å². The Morgan fingerprint density at radius 2 is 1.94 bits per heavy atom. The molecule has 1 fully saturated rings. The fraction of sp³-hybridized carbons (Fsp3) is 0.786. The van der Waals surface area contributed by atoms with Crippen LogP contribution >= 0.6 is 0 Å². The van der Waals surface area contributed by atoms with Crippen LogP contribution < -0.4 is 0 Å². The van der Waals surface area contributed by atoms with Crippen molar-refractivity contribution in [2.75, 3.05) is 7.11 Å². The molecule has 0 spiro atoms. The van der Waals surface area contributed by atoms with Crippen molar-refractivity contribution >= 4 is 5.97 Å². The second-order valence-electron chi connectivity index (χ2n) is 5.32. The van der Waals surface area contributed by atoms with E-state index < -0.39 is 0 Å². The number of ether oxygens (including phenoxy) is 1. The lowest BCUT2D eigenvalue weighted by molar-refractivity contribution is -0.147. The Morgan fingerprint density at radius 3 is 2.47 bits per heavy atom. The largest absolute Gasteiger partial charge is 0.469 e. The Balaban J connectivity index is 1.81. The van der Waals surface area contributed by atoms with Gasteiger partial charge >= 0.3 is 5.97 Å². The third kappa shape index (κ3) is 3.08. The molecule has 0 aromatic rings. The van der Waals surface area contributed by atoms with Gasteiger partial charge in [0, 0.05) is 0 Å². The molecule has 0 aromatic carbocycles. The summed E-state index contributed by atoms with van der Waals surface area (Å²) in [7, 11) is 1.46. The topological polar surface area (TPSA) is 26.3 Å². The maximum absolute atomic E-state index is 12.9. The molecule has 96 valence electrons. The van der Waals surface area contributed by atoms with Gasteiger partial charge in [0.1, 0.15) is 0 Å². The zero-order chi connectivity index (χ0) is 12.3. The zero-order valence-corrected chi connectivity index (χ0v) is 10.5. The van der Waals surface area contributed by atoms with Crippen molar-refractivity contribution in [2.24, 2.45) is 17.8 Å². The van der Waals surface area contributed by atoms with Gasteiger partial charge < -0.3 is 4.74 Å². The molecule has 0 bridgehead atoms. The molecule has 17 heavy (non-hydrogen) atoms. The van der Waals surface area contributed by atoms with Gasteiger partial charge in [-0.05, 0) is 56.8 Å². The van der Waals surface area contributed by atoms with Crippen molar-refractivity contribution in [1.82, 2.24) is 0 Å². The minimum Gasteiger partial charge on any atom is -0.469 e. The van der Waals surface area contributed by atoms with Crippen LogP contribution in [0, 0.1) is 17.8 Å². The summed E-state index contributed by atoms with van der Waals surface area (Å²) in [5, 5.41) is 0. The number of rotatable bonds is 2. The molecule has 0 aromatic heterocycles. The first-order chi connectivity index (χ1) is 8.20. The molecule has 0 heterocycles. The van der Waals surface area contributed by atoms with Crippen molar-refractivity contribution in [3.63, 3.8) is 0 Å². The summed E-state index contributed by atoms with van der Waals surface area (Å²) in [5.41, 5.74) is 0. The lowest BCUT2D eigenvalue weighted by Crippen LogP contribution is -2.27. The Hall–Kier alpha value is -0.860. The summed E-state index contributed by atoms with van der Waals surface area (Å²) in [6.07, 6.45) is 8.32. The van der Waals surface area contributed by atoms with Crippen LogP contribution in [0.1, 0.15) is 44.9 Å². The van der Waals surface area contributed by atoms with Gasteiger partial charge in [-0.1, -0.05) is 6.08 Å². The van der Waals surface area contributed by atoms with Crippen molar-refractivity contribution in [1.29, 1.82) is 0 Å². The highest BCUT2D eigenvalue weighted by molar-refractivity contribution is 5.72. The van der Waals surface area contributed by atoms with Crippen LogP contribution in [0.4, 0.5) is 4.39 Å². The van der Waals surface area contributed by atoms with Crippen molar-refractivity contribution in [3.05, 3.63) is 11.9 Å². The second kappa shape index (κ2) is 5.65. The molecule has 2 aliphatic carbocycles. The molecule has 2 nitrogen and oxygen atoms in total. The maximum Gasteiger partial charge on any atom is 0.308 e. The van der Waals surface area contributed by atoms with Gasteiger partial charge in [-0.2, -0.15) is 0 Å². The lowest BCUT2D eigenvalue weighted by Gasteiger charge is -2.33. The average Bonchev–Trinajstić information content (AvgIpc) is 2.39. The molecule has 3 heteroatoms. The SMILES string of the molecule is COC(=O)C1CCC(C2CC=C(F)CC2)CC1. The Labute approximate surface area is 102 Å². The second-order valence-corrected chi connectivity index (χ2v) is 5.32. The van der Waals surface area contributed by atoms with E-state index in [4.69, 9.17) is 4.74 Å². The fourth-order valence-electron chi connectivity index (χ4n) is 3.24. The number of allylic oxidation sites excluding steroid dienone is 2. The molecule has 0 saturated heterocycles. The normalized spacial score (nSPS) is 34.0. The summed E-state index contributed by atoms with van der Waals surface area (Å²) < 4.78 is 17.7. The first-order valence-corrected chi connectivity index (χ1v) is 6.63. The van der Waals surface area contributed by atoms with E-state index in [9.17, 15) is 9.18 Å². The Bertz CT molecular complexity index is 303. The zero-order valence-electron chi connectivity index (χ0n) is 10.5. The predicted molar refractivity (Wildman–Crippen MR) is 64.0 cm³/mol. The molecule has 0 radical (unpaired) electrons. The summed E-state index contributed by atoms with van der Waals surface area (Å²) in [6.45, 7) is 0. The van der Waals surface area contributed by atoms with Gasteiger partial charge in [-0.25, -0.2) is 4.39 Å². The molecular formula is C14H21FO2. The highest BCUT2D eigenvalue weighted by Gasteiger charge is 2.31. The first-order valence-electron chi connectivity index (χ1n) is 6.63. The Morgan fingerprint density at radius 1 is 1.24 bits per heavy atom. The van der Waals surface area contributed by atoms with Crippen LogP contribution in [0.3, 0.4) is 0 Å². The Kier molecular flexibility index (Phi) is 4.19. The van der Waals surface area contributed by atoms with Crippen molar-refractivity contribution in [2.45, 2.75) is 44.9 Å². The van der Waals surface area contributed by atoms with E-state index in [-0.39, 0.29) is 17.7 Å². The van der Waals surface area contributed by atoms with E-state index >= 15 is 0 Å². The number of esters is 1. The highest BCUT2D eigenvalue weighted by Crippen LogP contribution is 2.39. The standard InChI is InChI=1S/C14H21FO2/c1-17-14(16)12-4-2-10(3-5-12)11-6-8-13(15)9-7-11/h8,10-12H,2-7,9H2,1H3. The number of carbonyl (C=O) groups excluding carboxylic acids is 1. The minimum atomic E-state index is -0.0574. The molecule has 0 amide bonds. The highest BCUT2D eigenvalue weighted by atomic mass is 19.1. The van der Waals surface area contributed by atoms with Crippen LogP contribution in [0.25, 0.3) is 0 Å². The van der Waals surface area contributed by atoms with E-state index in [1.807, 2.05) is 0 Å². The quantitative estimate of drug-likeness (QED) is 0.689. The van der Waals surface area contributed by atoms with Crippen molar-refractivity contribution < 1.29 is 13.9 Å². The molecule has 1 atom stereocenters. The van der Waals surface area contributed by atoms with Gasteiger partial charge in [-0.3, -0.25) is 4.79 Å². The molecule has 0 N–H and O–H groups in total. The van der Waals surface area contributed by atoms with E-state index in [0.29, 0.717) is 18.3 Å². The van der Waals surface area contributed by atoms with E-state index in [2.05, 4.69) is 0 Å². The summed E-state index contributed by atoms with van der Waals surface area (Å²) in [4.78, 5) is 11.4. The lowest BCUT2D eigenvalue weighted by atomic mass is 9.72. The van der Waals surface area contributed by atoms with Crippen LogP contribution in [0.5, 0.6) is 0 Å². The third-order valence-electron chi connectivity index (χ3n) is 4.37. The number of hydrogen-bond donors (Lipinski definition) is 0. The monoisotopic (exact) mass is 240 g/mol. The smallest absolute Gasteiger partial charge is 0.308 e. The third-order valence-corrected chi connectivity index (χ3v) is 4.37. The van der Waals surface area contributed by atoms with Crippen molar-refractivity contribution in [3.8, 4) is 0 Å². The molecule has 2 aliphatic rings. The fourth-order valence-corrected chi connectivity index (χ4v) is 3.24. The average molecular weight is 240 g/mol. The molecule has 0 aliphatic heterocycles. The summed E-state index contributed by atoms with van der Waals surface area (Å²) in [6, 6.07) is 0. The first kappa shape index (κ1) is 12.6. The molecule has 2 rings (SSSR count). The van der Waals surface area contributed by atoms with Crippen LogP contribution in [-0.2, 0) is 9.53 Å². The van der Waals surface area contributed by atoms with E-state index in [1.165, 1.54) is 7.11 Å². The van der Waals surface area contributed by atoms with Crippen LogP contribution in [-0.4, -0.2) is 13.1 Å². The number of methoxy groups -OCH3 is 1. The summed E-state index contributed by atoms with van der Waals surface area (Å²) in [5.74, 6) is 1.42. The maximum atomic E-state index is 12.9. The van der Waals surface area contributed by atoms with Crippen LogP contribution in [0.15, 0.2) is 11.9 Å². The van der Waals surface area contributed by atoms with E-state index in [0.717, 1.165) is 38.5 Å². The van der Waals surface area contributed by atoms with Gasteiger partial charge in [0.05, 0.1) is 18.9 Å². The molecular weight excluding hydrogens is 219 g/mol. The number of hydrogen-bond acceptors (Lipinski definition) is 2. The van der Waals surface area contributed by atoms with Gasteiger partial charge in [0.25, 0.3) is 0 Å². The number of carbonyl (C=O) groups is 1.